The van der Waals surface area contributed by atoms with Crippen LogP contribution in [0, 0.1) is 0 Å². The number of phenols is 1. The van der Waals surface area contributed by atoms with Crippen molar-refractivity contribution in [2.75, 3.05) is 19.6 Å². The average molecular weight is 498 g/mol. The van der Waals surface area contributed by atoms with Gasteiger partial charge in [0.15, 0.2) is 5.83 Å². The van der Waals surface area contributed by atoms with E-state index < -0.39 is 5.83 Å². The summed E-state index contributed by atoms with van der Waals surface area (Å²) in [4.78, 5) is 16.2. The van der Waals surface area contributed by atoms with Crippen LogP contribution in [-0.4, -0.2) is 51.5 Å². The van der Waals surface area contributed by atoms with Crippen LogP contribution in [0.2, 0.25) is 0 Å². The highest BCUT2D eigenvalue weighted by Gasteiger charge is 2.30. The van der Waals surface area contributed by atoms with E-state index >= 15 is 4.39 Å². The molecule has 0 saturated carbocycles. The predicted molar refractivity (Wildman–Crippen MR) is 139 cm³/mol. The lowest BCUT2D eigenvalue weighted by Crippen LogP contribution is -2.55. The predicted octanol–water partition coefficient (Wildman–Crippen LogP) is 5.01. The Balaban J connectivity index is 1.74. The Labute approximate surface area is 208 Å². The molecule has 0 radical (unpaired) electrons. The lowest BCUT2D eigenvalue weighted by Gasteiger charge is -2.41. The molecule has 0 aromatic heterocycles. The van der Waals surface area contributed by atoms with Crippen molar-refractivity contribution in [2.24, 2.45) is 5.73 Å². The maximum absolute atomic E-state index is 15.6. The fourth-order valence-electron chi connectivity index (χ4n) is 4.48. The van der Waals surface area contributed by atoms with Crippen LogP contribution in [0.25, 0.3) is 16.3 Å². The Morgan fingerprint density at radius 2 is 2.06 bits per heavy atom. The molecule has 1 amide bonds. The van der Waals surface area contributed by atoms with Crippen molar-refractivity contribution in [3.8, 4) is 5.75 Å². The fourth-order valence-corrected chi connectivity index (χ4v) is 5.20. The van der Waals surface area contributed by atoms with Crippen LogP contribution in [0.4, 0.5) is 4.39 Å². The molecular formula is C26H25ClFN3O2S. The summed E-state index contributed by atoms with van der Waals surface area (Å²) < 4.78 is 15.6. The quantitative estimate of drug-likeness (QED) is 0.460. The van der Waals surface area contributed by atoms with Crippen molar-refractivity contribution in [1.82, 2.24) is 9.80 Å². The Morgan fingerprint density at radius 3 is 2.76 bits per heavy atom. The van der Waals surface area contributed by atoms with Crippen LogP contribution < -0.4 is 5.73 Å². The largest absolute Gasteiger partial charge is 0.508 e. The van der Waals surface area contributed by atoms with Gasteiger partial charge in [0.25, 0.3) is 0 Å². The number of aromatic hydroxyl groups is 1. The Morgan fingerprint density at radius 1 is 1.32 bits per heavy atom. The summed E-state index contributed by atoms with van der Waals surface area (Å²) in [5, 5.41) is 11.9. The fraction of sp³-hybridized carbons (Fsp3) is 0.231. The van der Waals surface area contributed by atoms with Gasteiger partial charge in [-0.25, -0.2) is 4.39 Å². The van der Waals surface area contributed by atoms with Gasteiger partial charge >= 0.3 is 0 Å². The lowest BCUT2D eigenvalue weighted by molar-refractivity contribution is -0.128. The number of hydrogen-bond acceptors (Lipinski definition) is 4. The van der Waals surface area contributed by atoms with Crippen molar-refractivity contribution in [1.29, 1.82) is 0 Å². The third-order valence-corrected chi connectivity index (χ3v) is 6.98. The number of amides is 1. The number of rotatable bonds is 3. The number of carbonyl (C=O) groups is 1. The third-order valence-electron chi connectivity index (χ3n) is 6.19. The van der Waals surface area contributed by atoms with Crippen LogP contribution >= 0.6 is 23.8 Å². The number of benzene rings is 2. The molecule has 34 heavy (non-hydrogen) atoms. The van der Waals surface area contributed by atoms with E-state index in [2.05, 4.69) is 6.58 Å². The van der Waals surface area contributed by atoms with E-state index in [1.807, 2.05) is 36.1 Å². The van der Waals surface area contributed by atoms with Gasteiger partial charge in [-0.1, -0.05) is 54.7 Å². The number of piperazine rings is 1. The molecule has 8 heteroatoms. The van der Waals surface area contributed by atoms with E-state index in [9.17, 15) is 9.90 Å². The van der Waals surface area contributed by atoms with Crippen molar-refractivity contribution < 1.29 is 14.3 Å². The van der Waals surface area contributed by atoms with Crippen LogP contribution in [0.5, 0.6) is 5.75 Å². The number of hydrogen-bond donors (Lipinski definition) is 2. The Hall–Kier alpha value is -3.16. The molecule has 5 nitrogen and oxygen atoms in total. The number of allylic oxidation sites excluding steroid dienone is 5. The van der Waals surface area contributed by atoms with Crippen molar-refractivity contribution in [3.63, 3.8) is 0 Å². The number of carbonyl (C=O) groups excluding carboxylic acids is 1. The van der Waals surface area contributed by atoms with Gasteiger partial charge in [-0.3, -0.25) is 4.79 Å². The van der Waals surface area contributed by atoms with E-state index in [0.717, 1.165) is 10.8 Å². The number of nitrogens with zero attached hydrogens (tertiary/aromatic N) is 2. The molecule has 2 aromatic carbocycles. The summed E-state index contributed by atoms with van der Waals surface area (Å²) >= 11 is 12.5. The molecule has 1 fully saturated rings. The maximum atomic E-state index is 15.6. The van der Waals surface area contributed by atoms with Gasteiger partial charge in [0.05, 0.1) is 5.03 Å². The highest BCUT2D eigenvalue weighted by molar-refractivity contribution is 7.80. The molecule has 1 aliphatic heterocycles. The van der Waals surface area contributed by atoms with E-state index in [1.165, 1.54) is 12.1 Å². The second-order valence-electron chi connectivity index (χ2n) is 8.46. The van der Waals surface area contributed by atoms with Gasteiger partial charge in [0.1, 0.15) is 10.7 Å². The minimum absolute atomic E-state index is 0.00164. The lowest BCUT2D eigenvalue weighted by atomic mass is 9.96. The monoisotopic (exact) mass is 497 g/mol. The van der Waals surface area contributed by atoms with Gasteiger partial charge < -0.3 is 20.6 Å². The first-order valence-electron chi connectivity index (χ1n) is 10.9. The third kappa shape index (κ3) is 4.45. The van der Waals surface area contributed by atoms with Crippen LogP contribution in [0.1, 0.15) is 18.9 Å². The minimum Gasteiger partial charge on any atom is -0.508 e. The zero-order valence-electron chi connectivity index (χ0n) is 18.7. The second-order valence-corrected chi connectivity index (χ2v) is 9.25. The summed E-state index contributed by atoms with van der Waals surface area (Å²) in [5.41, 5.74) is 7.41. The molecule has 1 atom stereocenters. The number of thiocarbonyl (C=S) groups is 1. The number of phenolic OH excluding ortho intramolecular Hbond substituents is 1. The van der Waals surface area contributed by atoms with E-state index in [1.54, 1.807) is 17.0 Å². The van der Waals surface area contributed by atoms with Crippen molar-refractivity contribution >= 4 is 51.1 Å². The molecule has 176 valence electrons. The Bertz CT molecular complexity index is 1300. The summed E-state index contributed by atoms with van der Waals surface area (Å²) in [7, 11) is 0. The summed E-state index contributed by atoms with van der Waals surface area (Å²) in [6.07, 6.45) is 3.06. The molecule has 1 unspecified atom stereocenters. The van der Waals surface area contributed by atoms with Gasteiger partial charge in [0, 0.05) is 43.4 Å². The van der Waals surface area contributed by atoms with E-state index in [4.69, 9.17) is 29.6 Å². The number of nitrogens with two attached hydrogens (primary N) is 1. The smallest absolute Gasteiger partial charge is 0.246 e. The molecule has 1 heterocycles. The zero-order chi connectivity index (χ0) is 24.6. The standard InChI is InChI=1S/C26H25ClFN3O2S/c1-3-23(33)30-8-9-31(15(2)14-30)26(34)17-11-21(27)24(25(28)22(29)12-17)20-13-18(32)10-16-6-4-5-7-19(16)20/h3-7,10-11,13,15,32H,1,8-9,12,14,29H2,2H3. The van der Waals surface area contributed by atoms with E-state index in [-0.39, 0.29) is 40.4 Å². The summed E-state index contributed by atoms with van der Waals surface area (Å²) in [6, 6.07) is 10.4. The number of fused-ring (bicyclic) bond motifs is 1. The van der Waals surface area contributed by atoms with E-state index in [0.29, 0.717) is 35.8 Å². The van der Waals surface area contributed by atoms with Crippen molar-refractivity contribution in [3.05, 3.63) is 82.8 Å². The average Bonchev–Trinajstić information content (AvgIpc) is 2.92. The molecular weight excluding hydrogens is 473 g/mol. The highest BCUT2D eigenvalue weighted by Crippen LogP contribution is 2.41. The zero-order valence-corrected chi connectivity index (χ0v) is 20.3. The summed E-state index contributed by atoms with van der Waals surface area (Å²) in [5.74, 6) is -0.750. The normalized spacial score (nSPS) is 19.3. The van der Waals surface area contributed by atoms with Gasteiger partial charge in [-0.15, -0.1) is 0 Å². The highest BCUT2D eigenvalue weighted by atomic mass is 35.5. The van der Waals surface area contributed by atoms with Crippen LogP contribution in [0.15, 0.2) is 77.3 Å². The molecule has 2 aromatic rings. The minimum atomic E-state index is -0.635. The molecule has 2 aliphatic rings. The second kappa shape index (κ2) is 9.60. The van der Waals surface area contributed by atoms with Gasteiger partial charge in [-0.05, 0) is 53.1 Å². The molecule has 4 rings (SSSR count). The van der Waals surface area contributed by atoms with Crippen LogP contribution in [-0.2, 0) is 4.79 Å². The maximum Gasteiger partial charge on any atom is 0.246 e. The first-order valence-corrected chi connectivity index (χ1v) is 11.7. The van der Waals surface area contributed by atoms with Crippen molar-refractivity contribution in [2.45, 2.75) is 19.4 Å². The first kappa shape index (κ1) is 24.0. The van der Waals surface area contributed by atoms with Gasteiger partial charge in [-0.2, -0.15) is 0 Å². The first-order chi connectivity index (χ1) is 16.2. The molecule has 0 bridgehead atoms. The molecule has 0 spiro atoms. The SMILES string of the molecule is C=CC(=O)N1CCN(C(=S)C2=CC(Cl)=C(c3cc(O)cc4ccccc34)C(F)=C(N)C2)C(C)C1. The number of halogens is 2. The molecule has 1 saturated heterocycles. The molecule has 1 aliphatic carbocycles. The molecule has 3 N–H and O–H groups in total. The summed E-state index contributed by atoms with van der Waals surface area (Å²) in [6.45, 7) is 7.07. The van der Waals surface area contributed by atoms with Crippen LogP contribution in [0.3, 0.4) is 0 Å². The van der Waals surface area contributed by atoms with Gasteiger partial charge in [0.2, 0.25) is 5.91 Å². The topological polar surface area (TPSA) is 69.8 Å². The Kier molecular flexibility index (Phi) is 6.77.